The predicted molar refractivity (Wildman–Crippen MR) is 64.9 cm³/mol. The first-order valence-electron chi connectivity index (χ1n) is 4.36. The van der Waals surface area contributed by atoms with Crippen molar-refractivity contribution < 1.29 is 0 Å². The first kappa shape index (κ1) is 9.06. The van der Waals surface area contributed by atoms with Gasteiger partial charge in [-0.3, -0.25) is 0 Å². The van der Waals surface area contributed by atoms with Crippen molar-refractivity contribution >= 4 is 38.3 Å². The minimum Gasteiger partial charge on any atom is -0.345 e. The summed E-state index contributed by atoms with van der Waals surface area (Å²) >= 11 is 5.01. The second-order valence-corrected chi connectivity index (χ2v) is 4.76. The summed E-state index contributed by atoms with van der Waals surface area (Å²) in [6.07, 6.45) is 3.73. The summed E-state index contributed by atoms with van der Waals surface area (Å²) in [5.41, 5.74) is 4.81. The lowest BCUT2D eigenvalue weighted by atomic mass is 10.2. The third-order valence-corrected chi connectivity index (χ3v) is 3.23. The molecule has 1 N–H and O–H groups in total. The molecule has 0 aliphatic heterocycles. The summed E-state index contributed by atoms with van der Waals surface area (Å²) in [6.45, 7) is 0. The van der Waals surface area contributed by atoms with Crippen molar-refractivity contribution in [1.29, 1.82) is 0 Å². The van der Waals surface area contributed by atoms with Crippen LogP contribution in [-0.4, -0.2) is 15.0 Å². The molecular formula is C10H6BrN3S. The molecule has 3 rings (SSSR count). The van der Waals surface area contributed by atoms with Crippen molar-refractivity contribution in [2.75, 3.05) is 0 Å². The van der Waals surface area contributed by atoms with E-state index in [0.717, 1.165) is 26.8 Å². The molecule has 0 aromatic carbocycles. The Morgan fingerprint density at radius 3 is 3.07 bits per heavy atom. The van der Waals surface area contributed by atoms with Gasteiger partial charge in [0.25, 0.3) is 0 Å². The van der Waals surface area contributed by atoms with E-state index in [4.69, 9.17) is 0 Å². The largest absolute Gasteiger partial charge is 0.345 e. The molecule has 5 heteroatoms. The average Bonchev–Trinajstić information content (AvgIpc) is 2.83. The zero-order valence-electron chi connectivity index (χ0n) is 7.57. The highest BCUT2D eigenvalue weighted by molar-refractivity contribution is 9.10. The van der Waals surface area contributed by atoms with E-state index >= 15 is 0 Å². The lowest BCUT2D eigenvalue weighted by Gasteiger charge is -1.94. The quantitative estimate of drug-likeness (QED) is 0.741. The van der Waals surface area contributed by atoms with Crippen molar-refractivity contribution in [1.82, 2.24) is 15.0 Å². The van der Waals surface area contributed by atoms with Crippen LogP contribution in [0.1, 0.15) is 0 Å². The highest BCUT2D eigenvalue weighted by Crippen LogP contribution is 2.28. The number of H-pyrrole nitrogens is 1. The van der Waals surface area contributed by atoms with Gasteiger partial charge < -0.3 is 4.98 Å². The Hall–Kier alpha value is -1.20. The highest BCUT2D eigenvalue weighted by atomic mass is 79.9. The molecule has 0 atom stereocenters. The number of nitrogens with one attached hydrogen (secondary N) is 1. The summed E-state index contributed by atoms with van der Waals surface area (Å²) in [4.78, 5) is 11.7. The van der Waals surface area contributed by atoms with Gasteiger partial charge >= 0.3 is 0 Å². The summed E-state index contributed by atoms with van der Waals surface area (Å²) in [6, 6.07) is 2.05. The number of rotatable bonds is 1. The predicted octanol–water partition coefficient (Wildman–Crippen LogP) is 3.45. The normalized spacial score (nSPS) is 11.0. The van der Waals surface area contributed by atoms with Crippen LogP contribution in [0.5, 0.6) is 0 Å². The molecule has 0 saturated heterocycles. The number of halogens is 1. The molecule has 3 aromatic rings. The smallest absolute Gasteiger partial charge is 0.137 e. The Morgan fingerprint density at radius 1 is 1.33 bits per heavy atom. The number of hydrogen-bond acceptors (Lipinski definition) is 3. The molecule has 3 heterocycles. The van der Waals surface area contributed by atoms with E-state index in [1.165, 1.54) is 0 Å². The summed E-state index contributed by atoms with van der Waals surface area (Å²) in [5, 5.41) is 3.12. The van der Waals surface area contributed by atoms with E-state index in [9.17, 15) is 0 Å². The molecule has 0 spiro atoms. The van der Waals surface area contributed by atoms with Crippen LogP contribution in [0.2, 0.25) is 0 Å². The Bertz CT molecular complexity index is 600. The zero-order chi connectivity index (χ0) is 10.3. The Labute approximate surface area is 98.3 Å². The van der Waals surface area contributed by atoms with Crippen LogP contribution in [-0.2, 0) is 0 Å². The van der Waals surface area contributed by atoms with E-state index in [2.05, 4.69) is 30.9 Å². The summed E-state index contributed by atoms with van der Waals surface area (Å²) in [5.74, 6) is 0. The number of aromatic amines is 1. The second kappa shape index (κ2) is 3.43. The van der Waals surface area contributed by atoms with Gasteiger partial charge in [0, 0.05) is 33.2 Å². The summed E-state index contributed by atoms with van der Waals surface area (Å²) in [7, 11) is 0. The minimum absolute atomic E-state index is 0.890. The highest BCUT2D eigenvalue weighted by Gasteiger charge is 2.08. The maximum atomic E-state index is 4.29. The number of fused-ring (bicyclic) bond motifs is 1. The number of thiazole rings is 1. The molecule has 15 heavy (non-hydrogen) atoms. The molecule has 3 nitrogen and oxygen atoms in total. The van der Waals surface area contributed by atoms with E-state index in [1.807, 2.05) is 23.2 Å². The van der Waals surface area contributed by atoms with Crippen molar-refractivity contribution in [3.63, 3.8) is 0 Å². The molecule has 74 valence electrons. The van der Waals surface area contributed by atoms with Gasteiger partial charge in [-0.25, -0.2) is 9.97 Å². The monoisotopic (exact) mass is 279 g/mol. The molecular weight excluding hydrogens is 274 g/mol. The van der Waals surface area contributed by atoms with Gasteiger partial charge in [-0.15, -0.1) is 11.3 Å². The van der Waals surface area contributed by atoms with Crippen LogP contribution in [0.4, 0.5) is 0 Å². The van der Waals surface area contributed by atoms with Crippen LogP contribution >= 0.6 is 27.3 Å². The number of nitrogens with zero attached hydrogens (tertiary/aromatic N) is 2. The fourth-order valence-electron chi connectivity index (χ4n) is 1.54. The third-order valence-electron chi connectivity index (χ3n) is 2.21. The summed E-state index contributed by atoms with van der Waals surface area (Å²) < 4.78 is 0.978. The van der Waals surface area contributed by atoms with Gasteiger partial charge in [0.2, 0.25) is 0 Å². The molecule has 0 unspecified atom stereocenters. The molecule has 0 bridgehead atoms. The van der Waals surface area contributed by atoms with Crippen molar-refractivity contribution in [3.8, 4) is 11.3 Å². The number of hydrogen-bond donors (Lipinski definition) is 1. The Morgan fingerprint density at radius 2 is 2.27 bits per heavy atom. The van der Waals surface area contributed by atoms with Crippen LogP contribution in [0.25, 0.3) is 22.3 Å². The average molecular weight is 280 g/mol. The van der Waals surface area contributed by atoms with E-state index in [0.29, 0.717) is 0 Å². The molecule has 0 aliphatic rings. The first-order chi connectivity index (χ1) is 7.34. The van der Waals surface area contributed by atoms with Crippen LogP contribution in [0.3, 0.4) is 0 Å². The van der Waals surface area contributed by atoms with E-state index < -0.39 is 0 Å². The third kappa shape index (κ3) is 1.48. The maximum absolute atomic E-state index is 4.29. The standard InChI is InChI=1S/C10H6BrN3S/c11-6-1-7-8(9-4-15-5-14-9)3-13-10(7)12-2-6/h1-5H,(H,12,13). The molecule has 0 radical (unpaired) electrons. The lowest BCUT2D eigenvalue weighted by molar-refractivity contribution is 1.31. The SMILES string of the molecule is Brc1cnc2[nH]cc(-c3cscn3)c2c1. The number of aromatic nitrogens is 3. The fraction of sp³-hybridized carbons (Fsp3) is 0. The van der Waals surface area contributed by atoms with Gasteiger partial charge in [-0.2, -0.15) is 0 Å². The van der Waals surface area contributed by atoms with Crippen molar-refractivity contribution in [2.24, 2.45) is 0 Å². The fourth-order valence-corrected chi connectivity index (χ4v) is 2.42. The molecule has 0 saturated carbocycles. The first-order valence-corrected chi connectivity index (χ1v) is 6.09. The van der Waals surface area contributed by atoms with E-state index in [-0.39, 0.29) is 0 Å². The van der Waals surface area contributed by atoms with Crippen molar-refractivity contribution in [3.05, 3.63) is 33.8 Å². The Kier molecular flexibility index (Phi) is 2.07. The maximum Gasteiger partial charge on any atom is 0.137 e. The molecule has 0 amide bonds. The van der Waals surface area contributed by atoms with Crippen molar-refractivity contribution in [2.45, 2.75) is 0 Å². The van der Waals surface area contributed by atoms with Crippen LogP contribution < -0.4 is 0 Å². The molecule has 3 aromatic heterocycles. The van der Waals surface area contributed by atoms with Gasteiger partial charge in [0.05, 0.1) is 11.2 Å². The van der Waals surface area contributed by atoms with Crippen LogP contribution in [0, 0.1) is 0 Å². The Balaban J connectivity index is 2.32. The lowest BCUT2D eigenvalue weighted by Crippen LogP contribution is -1.77. The topological polar surface area (TPSA) is 41.6 Å². The number of pyridine rings is 1. The second-order valence-electron chi connectivity index (χ2n) is 3.13. The van der Waals surface area contributed by atoms with Gasteiger partial charge in [-0.05, 0) is 22.0 Å². The zero-order valence-corrected chi connectivity index (χ0v) is 9.97. The van der Waals surface area contributed by atoms with E-state index in [1.54, 1.807) is 17.5 Å². The molecule has 0 aliphatic carbocycles. The van der Waals surface area contributed by atoms with Crippen LogP contribution in [0.15, 0.2) is 33.8 Å². The minimum atomic E-state index is 0.890. The van der Waals surface area contributed by atoms with Gasteiger partial charge in [0.1, 0.15) is 5.65 Å². The van der Waals surface area contributed by atoms with Gasteiger partial charge in [-0.1, -0.05) is 0 Å². The van der Waals surface area contributed by atoms with Gasteiger partial charge in [0.15, 0.2) is 0 Å². The molecule has 0 fully saturated rings.